The standard InChI is InChI=1S/C34H50O6/c1-31(2,3)29(36)38-17-13-11-12-16-33(7,8)23-19-26(39-30(37)32(4,5)6)28-24-18-22(21-35)14-15-25(24)34(9,10)40-27(28)20-23/h14,19-21,24-25H,11-13,15-18H2,1-10H3/t24-,25-/m1/s1. The summed E-state index contributed by atoms with van der Waals surface area (Å²) in [6.07, 6.45) is 7.98. The minimum atomic E-state index is -0.663. The Balaban J connectivity index is 1.87. The van der Waals surface area contributed by atoms with Crippen LogP contribution in [0.3, 0.4) is 0 Å². The van der Waals surface area contributed by atoms with E-state index in [1.807, 2.05) is 53.7 Å². The highest BCUT2D eigenvalue weighted by atomic mass is 16.5. The molecule has 0 bridgehead atoms. The molecule has 1 aromatic carbocycles. The first-order valence-corrected chi connectivity index (χ1v) is 14.8. The van der Waals surface area contributed by atoms with E-state index in [0.29, 0.717) is 18.8 Å². The molecule has 6 nitrogen and oxygen atoms in total. The van der Waals surface area contributed by atoms with Crippen molar-refractivity contribution in [3.05, 3.63) is 34.9 Å². The number of carbonyl (C=O) groups is 3. The normalized spacial score (nSPS) is 20.4. The lowest BCUT2D eigenvalue weighted by Crippen LogP contribution is -2.46. The van der Waals surface area contributed by atoms with Gasteiger partial charge in [-0.05, 0) is 110 Å². The van der Waals surface area contributed by atoms with E-state index in [4.69, 9.17) is 14.2 Å². The number of carbonyl (C=O) groups excluding carboxylic acids is 3. The Morgan fingerprint density at radius 2 is 1.62 bits per heavy atom. The van der Waals surface area contributed by atoms with E-state index in [9.17, 15) is 14.4 Å². The molecule has 0 aromatic heterocycles. The number of aldehydes is 1. The highest BCUT2D eigenvalue weighted by molar-refractivity contribution is 5.79. The molecule has 1 aromatic rings. The summed E-state index contributed by atoms with van der Waals surface area (Å²) in [6, 6.07) is 4.14. The van der Waals surface area contributed by atoms with Gasteiger partial charge in [-0.25, -0.2) is 0 Å². The van der Waals surface area contributed by atoms with Crippen molar-refractivity contribution in [2.45, 2.75) is 125 Å². The number of hydrogen-bond acceptors (Lipinski definition) is 6. The molecule has 0 saturated carbocycles. The van der Waals surface area contributed by atoms with Crippen LogP contribution >= 0.6 is 0 Å². The Labute approximate surface area is 241 Å². The average molecular weight is 555 g/mol. The Kier molecular flexibility index (Phi) is 9.33. The monoisotopic (exact) mass is 554 g/mol. The lowest BCUT2D eigenvalue weighted by atomic mass is 9.66. The molecule has 0 spiro atoms. The molecule has 1 aliphatic heterocycles. The van der Waals surface area contributed by atoms with E-state index in [1.165, 1.54) is 0 Å². The maximum Gasteiger partial charge on any atom is 0.316 e. The maximum atomic E-state index is 13.1. The largest absolute Gasteiger partial charge is 0.487 e. The number of benzene rings is 1. The molecule has 2 aliphatic rings. The zero-order valence-corrected chi connectivity index (χ0v) is 26.4. The fourth-order valence-corrected chi connectivity index (χ4v) is 5.60. The van der Waals surface area contributed by atoms with Crippen LogP contribution in [0.1, 0.15) is 125 Å². The number of fused-ring (bicyclic) bond motifs is 3. The van der Waals surface area contributed by atoms with E-state index < -0.39 is 16.4 Å². The summed E-state index contributed by atoms with van der Waals surface area (Å²) in [4.78, 5) is 36.8. The summed E-state index contributed by atoms with van der Waals surface area (Å²) >= 11 is 0. The third-order valence-electron chi connectivity index (χ3n) is 8.36. The summed E-state index contributed by atoms with van der Waals surface area (Å²) in [7, 11) is 0. The highest BCUT2D eigenvalue weighted by Crippen LogP contribution is 2.55. The highest BCUT2D eigenvalue weighted by Gasteiger charge is 2.47. The molecule has 1 heterocycles. The van der Waals surface area contributed by atoms with E-state index in [0.717, 1.165) is 60.8 Å². The van der Waals surface area contributed by atoms with Crippen molar-refractivity contribution in [3.8, 4) is 11.5 Å². The molecule has 1 aliphatic carbocycles. The van der Waals surface area contributed by atoms with Gasteiger partial charge in [0.1, 0.15) is 23.4 Å². The molecule has 0 radical (unpaired) electrons. The van der Waals surface area contributed by atoms with E-state index in [2.05, 4.69) is 33.8 Å². The van der Waals surface area contributed by atoms with Crippen molar-refractivity contribution in [3.63, 3.8) is 0 Å². The lowest BCUT2D eigenvalue weighted by molar-refractivity contribution is -0.153. The number of hydrogen-bond donors (Lipinski definition) is 0. The van der Waals surface area contributed by atoms with Gasteiger partial charge in [0.25, 0.3) is 0 Å². The molecule has 0 unspecified atom stereocenters. The second-order valence-corrected chi connectivity index (χ2v) is 14.9. The van der Waals surface area contributed by atoms with Crippen LogP contribution in [0.5, 0.6) is 11.5 Å². The van der Waals surface area contributed by atoms with Gasteiger partial charge in [0, 0.05) is 17.4 Å². The molecule has 6 heteroatoms. The van der Waals surface area contributed by atoms with Crippen LogP contribution in [-0.2, 0) is 24.5 Å². The van der Waals surface area contributed by atoms with Crippen molar-refractivity contribution in [2.75, 3.05) is 6.61 Å². The van der Waals surface area contributed by atoms with Gasteiger partial charge in [0.2, 0.25) is 0 Å². The van der Waals surface area contributed by atoms with E-state index in [1.54, 1.807) is 0 Å². The SMILES string of the molecule is CC(C)(C)C(=O)OCCCCCC(C)(C)c1cc(OC(=O)C(C)(C)C)c2c(c1)OC(C)(C)[C@@H]1CC=C(C=O)C[C@@H]21. The molecule has 0 N–H and O–H groups in total. The van der Waals surface area contributed by atoms with Gasteiger partial charge in [-0.1, -0.05) is 32.8 Å². The third-order valence-corrected chi connectivity index (χ3v) is 8.36. The summed E-state index contributed by atoms with van der Waals surface area (Å²) in [6.45, 7) is 20.2. The predicted molar refractivity (Wildman–Crippen MR) is 158 cm³/mol. The first-order chi connectivity index (χ1) is 18.4. The van der Waals surface area contributed by atoms with Crippen molar-refractivity contribution in [1.29, 1.82) is 0 Å². The quantitative estimate of drug-likeness (QED) is 0.134. The topological polar surface area (TPSA) is 78.9 Å². The first kappa shape index (κ1) is 31.9. The van der Waals surface area contributed by atoms with Crippen LogP contribution in [-0.4, -0.2) is 30.4 Å². The van der Waals surface area contributed by atoms with Gasteiger partial charge in [-0.15, -0.1) is 0 Å². The molecular formula is C34H50O6. The Morgan fingerprint density at radius 3 is 2.23 bits per heavy atom. The number of allylic oxidation sites excluding steroid dienone is 2. The zero-order chi connectivity index (χ0) is 30.1. The Morgan fingerprint density at radius 1 is 0.975 bits per heavy atom. The Hall–Kier alpha value is -2.63. The molecule has 0 fully saturated rings. The van der Waals surface area contributed by atoms with Crippen molar-refractivity contribution in [2.24, 2.45) is 16.7 Å². The molecular weight excluding hydrogens is 504 g/mol. The van der Waals surface area contributed by atoms with Crippen LogP contribution in [0.25, 0.3) is 0 Å². The van der Waals surface area contributed by atoms with Crippen molar-refractivity contribution >= 4 is 18.2 Å². The average Bonchev–Trinajstić information content (AvgIpc) is 2.83. The van der Waals surface area contributed by atoms with Gasteiger partial charge < -0.3 is 14.2 Å². The van der Waals surface area contributed by atoms with Gasteiger partial charge in [-0.2, -0.15) is 0 Å². The van der Waals surface area contributed by atoms with Crippen LogP contribution in [0.2, 0.25) is 0 Å². The minimum absolute atomic E-state index is 0.0275. The van der Waals surface area contributed by atoms with Crippen LogP contribution in [0, 0.1) is 16.7 Å². The third kappa shape index (κ3) is 7.36. The lowest BCUT2D eigenvalue weighted by Gasteiger charge is -2.47. The Bertz CT molecular complexity index is 1140. The molecule has 3 rings (SSSR count). The van der Waals surface area contributed by atoms with E-state index >= 15 is 0 Å². The fourth-order valence-electron chi connectivity index (χ4n) is 5.60. The van der Waals surface area contributed by atoms with Gasteiger partial charge >= 0.3 is 11.9 Å². The van der Waals surface area contributed by atoms with Gasteiger partial charge in [-0.3, -0.25) is 14.4 Å². The fraction of sp³-hybridized carbons (Fsp3) is 0.676. The number of unbranched alkanes of at least 4 members (excludes halogenated alkanes) is 2. The number of ether oxygens (including phenoxy) is 3. The summed E-state index contributed by atoms with van der Waals surface area (Å²) < 4.78 is 18.2. The summed E-state index contributed by atoms with van der Waals surface area (Å²) in [5, 5.41) is 0. The molecule has 40 heavy (non-hydrogen) atoms. The van der Waals surface area contributed by atoms with Crippen LogP contribution < -0.4 is 9.47 Å². The van der Waals surface area contributed by atoms with Crippen molar-refractivity contribution in [1.82, 2.24) is 0 Å². The first-order valence-electron chi connectivity index (χ1n) is 14.8. The summed E-state index contributed by atoms with van der Waals surface area (Å²) in [5.74, 6) is 1.03. The van der Waals surface area contributed by atoms with Crippen molar-refractivity contribution < 1.29 is 28.6 Å². The molecule has 222 valence electrons. The summed E-state index contributed by atoms with van der Waals surface area (Å²) in [5.41, 5.74) is 0.959. The smallest absolute Gasteiger partial charge is 0.316 e. The molecule has 0 saturated heterocycles. The second kappa shape index (κ2) is 11.7. The molecule has 2 atom stereocenters. The van der Waals surface area contributed by atoms with Gasteiger partial charge in [0.15, 0.2) is 0 Å². The van der Waals surface area contributed by atoms with E-state index in [-0.39, 0.29) is 29.2 Å². The van der Waals surface area contributed by atoms with Gasteiger partial charge in [0.05, 0.1) is 17.4 Å². The number of rotatable bonds is 9. The second-order valence-electron chi connectivity index (χ2n) is 14.9. The minimum Gasteiger partial charge on any atom is -0.487 e. The maximum absolute atomic E-state index is 13.1. The zero-order valence-electron chi connectivity index (χ0n) is 26.4. The predicted octanol–water partition coefficient (Wildman–Crippen LogP) is 7.86. The van der Waals surface area contributed by atoms with Crippen LogP contribution in [0.15, 0.2) is 23.8 Å². The molecule has 0 amide bonds. The van der Waals surface area contributed by atoms with Crippen LogP contribution in [0.4, 0.5) is 0 Å². The number of esters is 2.